The van der Waals surface area contributed by atoms with E-state index in [9.17, 15) is 4.79 Å². The van der Waals surface area contributed by atoms with Crippen molar-refractivity contribution in [1.29, 1.82) is 0 Å². The molecule has 0 aliphatic rings. The molecular formula is C20H22N4O. The van der Waals surface area contributed by atoms with E-state index in [1.807, 2.05) is 23.1 Å². The van der Waals surface area contributed by atoms with E-state index >= 15 is 0 Å². The number of carbonyl (C=O) groups excluding carboxylic acids is 1. The first-order valence-electron chi connectivity index (χ1n) is 8.47. The topological polar surface area (TPSA) is 61.9 Å². The molecule has 0 saturated carbocycles. The van der Waals surface area contributed by atoms with E-state index in [2.05, 4.69) is 34.0 Å². The van der Waals surface area contributed by atoms with Crippen LogP contribution < -0.4 is 0 Å². The van der Waals surface area contributed by atoms with E-state index in [1.54, 1.807) is 36.9 Å². The van der Waals surface area contributed by atoms with Crippen LogP contribution in [0, 0.1) is 0 Å². The fourth-order valence-electron chi connectivity index (χ4n) is 2.81. The number of aryl methyl sites for hydroxylation is 1. The maximum Gasteiger partial charge on any atom is 0.254 e. The van der Waals surface area contributed by atoms with Crippen LogP contribution in [0.2, 0.25) is 0 Å². The Morgan fingerprint density at radius 3 is 2.56 bits per heavy atom. The molecule has 0 fully saturated rings. The highest BCUT2D eigenvalue weighted by molar-refractivity contribution is 5.94. The van der Waals surface area contributed by atoms with E-state index in [0.29, 0.717) is 12.1 Å². The summed E-state index contributed by atoms with van der Waals surface area (Å²) in [6.45, 7) is 2.55. The number of amides is 1. The van der Waals surface area contributed by atoms with Gasteiger partial charge < -0.3 is 9.88 Å². The monoisotopic (exact) mass is 334 g/mol. The number of nitrogens with one attached hydrogen (secondary N) is 1. The maximum atomic E-state index is 13.0. The summed E-state index contributed by atoms with van der Waals surface area (Å²) in [5.74, 6) is 0.785. The van der Waals surface area contributed by atoms with E-state index in [0.717, 1.165) is 18.7 Å². The molecule has 3 rings (SSSR count). The number of aromatic amines is 1. The third-order valence-electron chi connectivity index (χ3n) is 4.29. The van der Waals surface area contributed by atoms with Gasteiger partial charge in [0.15, 0.2) is 0 Å². The molecule has 2 heterocycles. The predicted molar refractivity (Wildman–Crippen MR) is 96.9 cm³/mol. The smallest absolute Gasteiger partial charge is 0.254 e. The standard InChI is InChI=1S/C20H22N4O/c1-16(7-8-17-5-3-2-4-6-17)24(15-19-22-13-14-23-19)20(25)18-9-11-21-12-10-18/h2-6,9-14,16H,7-8,15H2,1H3,(H,22,23). The third-order valence-corrected chi connectivity index (χ3v) is 4.29. The predicted octanol–water partition coefficient (Wildman–Crippen LogP) is 3.47. The minimum Gasteiger partial charge on any atom is -0.347 e. The second-order valence-electron chi connectivity index (χ2n) is 6.08. The van der Waals surface area contributed by atoms with Crippen molar-refractivity contribution in [3.8, 4) is 0 Å². The molecule has 0 aliphatic carbocycles. The van der Waals surface area contributed by atoms with Crippen LogP contribution in [0.3, 0.4) is 0 Å². The van der Waals surface area contributed by atoms with Gasteiger partial charge in [-0.15, -0.1) is 0 Å². The van der Waals surface area contributed by atoms with E-state index < -0.39 is 0 Å². The summed E-state index contributed by atoms with van der Waals surface area (Å²) in [7, 11) is 0. The SMILES string of the molecule is CC(CCc1ccccc1)N(Cc1ncc[nH]1)C(=O)c1ccncc1. The summed E-state index contributed by atoms with van der Waals surface area (Å²) in [5.41, 5.74) is 1.93. The Morgan fingerprint density at radius 1 is 1.12 bits per heavy atom. The average molecular weight is 334 g/mol. The lowest BCUT2D eigenvalue weighted by atomic mass is 10.0. The summed E-state index contributed by atoms with van der Waals surface area (Å²) in [6.07, 6.45) is 8.60. The Morgan fingerprint density at radius 2 is 1.88 bits per heavy atom. The molecule has 2 aromatic heterocycles. The lowest BCUT2D eigenvalue weighted by Crippen LogP contribution is -2.38. The molecule has 0 saturated heterocycles. The third kappa shape index (κ3) is 4.53. The number of aromatic nitrogens is 3. The number of carbonyl (C=O) groups is 1. The van der Waals surface area contributed by atoms with E-state index in [1.165, 1.54) is 5.56 Å². The second-order valence-corrected chi connectivity index (χ2v) is 6.08. The number of pyridine rings is 1. The second kappa shape index (κ2) is 8.24. The van der Waals surface area contributed by atoms with Crippen LogP contribution in [-0.4, -0.2) is 31.8 Å². The first-order chi connectivity index (χ1) is 12.2. The fourth-order valence-corrected chi connectivity index (χ4v) is 2.81. The Hall–Kier alpha value is -2.95. The van der Waals surface area contributed by atoms with Crippen molar-refractivity contribution in [2.24, 2.45) is 0 Å². The van der Waals surface area contributed by atoms with Gasteiger partial charge in [-0.2, -0.15) is 0 Å². The van der Waals surface area contributed by atoms with Crippen LogP contribution in [0.1, 0.15) is 35.1 Å². The molecular weight excluding hydrogens is 312 g/mol. The number of H-pyrrole nitrogens is 1. The molecule has 0 bridgehead atoms. The van der Waals surface area contributed by atoms with Crippen LogP contribution in [0.4, 0.5) is 0 Å². The van der Waals surface area contributed by atoms with Gasteiger partial charge in [0.2, 0.25) is 0 Å². The van der Waals surface area contributed by atoms with Crippen LogP contribution in [0.5, 0.6) is 0 Å². The van der Waals surface area contributed by atoms with Gasteiger partial charge in [-0.05, 0) is 37.5 Å². The Balaban J connectivity index is 1.74. The zero-order valence-electron chi connectivity index (χ0n) is 14.3. The van der Waals surface area contributed by atoms with Gasteiger partial charge in [-0.3, -0.25) is 9.78 Å². The van der Waals surface area contributed by atoms with Crippen molar-refractivity contribution < 1.29 is 4.79 Å². The fraction of sp³-hybridized carbons (Fsp3) is 0.250. The van der Waals surface area contributed by atoms with Gasteiger partial charge in [0, 0.05) is 36.4 Å². The lowest BCUT2D eigenvalue weighted by Gasteiger charge is -2.29. The molecule has 0 aliphatic heterocycles. The minimum atomic E-state index is -0.000591. The molecule has 0 spiro atoms. The van der Waals surface area contributed by atoms with Crippen LogP contribution in [0.15, 0.2) is 67.3 Å². The molecule has 1 amide bonds. The highest BCUT2D eigenvalue weighted by atomic mass is 16.2. The molecule has 5 nitrogen and oxygen atoms in total. The number of benzene rings is 1. The minimum absolute atomic E-state index is 0.000591. The Kier molecular flexibility index (Phi) is 5.57. The van der Waals surface area contributed by atoms with Crippen molar-refractivity contribution in [3.63, 3.8) is 0 Å². The number of hydrogen-bond acceptors (Lipinski definition) is 3. The highest BCUT2D eigenvalue weighted by Crippen LogP contribution is 2.16. The Bertz CT molecular complexity index is 772. The molecule has 1 atom stereocenters. The lowest BCUT2D eigenvalue weighted by molar-refractivity contribution is 0.0662. The van der Waals surface area contributed by atoms with Gasteiger partial charge >= 0.3 is 0 Å². The molecule has 25 heavy (non-hydrogen) atoms. The zero-order chi connectivity index (χ0) is 17.5. The van der Waals surface area contributed by atoms with Crippen molar-refractivity contribution in [2.75, 3.05) is 0 Å². The van der Waals surface area contributed by atoms with Crippen molar-refractivity contribution in [3.05, 3.63) is 84.2 Å². The average Bonchev–Trinajstić information content (AvgIpc) is 3.18. The van der Waals surface area contributed by atoms with Crippen molar-refractivity contribution >= 4 is 5.91 Å². The van der Waals surface area contributed by atoms with Gasteiger partial charge in [0.1, 0.15) is 5.82 Å². The van der Waals surface area contributed by atoms with Crippen molar-refractivity contribution in [1.82, 2.24) is 19.9 Å². The van der Waals surface area contributed by atoms with Gasteiger partial charge in [0.05, 0.1) is 6.54 Å². The first kappa shape index (κ1) is 16.9. The summed E-state index contributed by atoms with van der Waals surface area (Å²) >= 11 is 0. The zero-order valence-corrected chi connectivity index (χ0v) is 14.3. The summed E-state index contributed by atoms with van der Waals surface area (Å²) < 4.78 is 0. The van der Waals surface area contributed by atoms with Gasteiger partial charge in [-0.25, -0.2) is 4.98 Å². The number of hydrogen-bond donors (Lipinski definition) is 1. The van der Waals surface area contributed by atoms with Gasteiger partial charge in [0.25, 0.3) is 5.91 Å². The number of nitrogens with zero attached hydrogens (tertiary/aromatic N) is 3. The Labute approximate surface area is 147 Å². The summed E-state index contributed by atoms with van der Waals surface area (Å²) in [4.78, 5) is 26.2. The van der Waals surface area contributed by atoms with Crippen LogP contribution in [-0.2, 0) is 13.0 Å². The van der Waals surface area contributed by atoms with E-state index in [-0.39, 0.29) is 11.9 Å². The van der Waals surface area contributed by atoms with Gasteiger partial charge in [-0.1, -0.05) is 30.3 Å². The first-order valence-corrected chi connectivity index (χ1v) is 8.47. The summed E-state index contributed by atoms with van der Waals surface area (Å²) in [5, 5.41) is 0. The van der Waals surface area contributed by atoms with Crippen LogP contribution >= 0.6 is 0 Å². The molecule has 1 aromatic carbocycles. The normalized spacial score (nSPS) is 11.9. The van der Waals surface area contributed by atoms with E-state index in [4.69, 9.17) is 0 Å². The molecule has 3 aromatic rings. The molecule has 1 unspecified atom stereocenters. The molecule has 1 N–H and O–H groups in total. The molecule has 128 valence electrons. The number of imidazole rings is 1. The highest BCUT2D eigenvalue weighted by Gasteiger charge is 2.22. The van der Waals surface area contributed by atoms with Crippen LogP contribution in [0.25, 0.3) is 0 Å². The maximum absolute atomic E-state index is 13.0. The molecule has 0 radical (unpaired) electrons. The number of rotatable bonds is 7. The molecule has 5 heteroatoms. The quantitative estimate of drug-likeness (QED) is 0.720. The van der Waals surface area contributed by atoms with Crippen molar-refractivity contribution in [2.45, 2.75) is 32.4 Å². The summed E-state index contributed by atoms with van der Waals surface area (Å²) in [6, 6.07) is 13.9. The largest absolute Gasteiger partial charge is 0.347 e.